The summed E-state index contributed by atoms with van der Waals surface area (Å²) in [5.74, 6) is 2.35. The molecule has 2 aromatic rings. The van der Waals surface area contributed by atoms with E-state index in [1.807, 2.05) is 31.3 Å². The highest BCUT2D eigenvalue weighted by atomic mass is 16.5. The number of likely N-dealkylation sites (tertiary alicyclic amines) is 1. The van der Waals surface area contributed by atoms with Gasteiger partial charge in [-0.1, -0.05) is 11.2 Å². The third-order valence-electron chi connectivity index (χ3n) is 6.78. The van der Waals surface area contributed by atoms with Crippen LogP contribution in [0.15, 0.2) is 35.0 Å². The van der Waals surface area contributed by atoms with E-state index in [1.54, 1.807) is 0 Å². The van der Waals surface area contributed by atoms with Crippen LogP contribution >= 0.6 is 0 Å². The lowest BCUT2D eigenvalue weighted by molar-refractivity contribution is -0.132. The molecule has 2 atom stereocenters. The minimum absolute atomic E-state index is 0.137. The predicted molar refractivity (Wildman–Crippen MR) is 103 cm³/mol. The van der Waals surface area contributed by atoms with Gasteiger partial charge in [0, 0.05) is 37.8 Å². The number of ether oxygens (including phenoxy) is 1. The number of carbonyl (C=O) groups excluding carboxylic acids is 1. The summed E-state index contributed by atoms with van der Waals surface area (Å²) in [5, 5.41) is 3.99. The molecule has 148 valence electrons. The van der Waals surface area contributed by atoms with Crippen LogP contribution in [0.5, 0.6) is 0 Å². The van der Waals surface area contributed by atoms with E-state index in [9.17, 15) is 4.79 Å². The van der Waals surface area contributed by atoms with Crippen molar-refractivity contribution in [3.8, 4) is 0 Å². The molecular formula is C21H26N4O3. The molecule has 0 bridgehead atoms. The molecule has 1 spiro atoms. The molecule has 7 nitrogen and oxygen atoms in total. The van der Waals surface area contributed by atoms with Gasteiger partial charge >= 0.3 is 0 Å². The van der Waals surface area contributed by atoms with Gasteiger partial charge in [-0.3, -0.25) is 4.79 Å². The van der Waals surface area contributed by atoms with E-state index in [0.717, 1.165) is 50.7 Å². The average molecular weight is 382 g/mol. The second-order valence-corrected chi connectivity index (χ2v) is 8.38. The Morgan fingerprint density at radius 2 is 2.14 bits per heavy atom. The Morgan fingerprint density at radius 1 is 1.29 bits per heavy atom. The van der Waals surface area contributed by atoms with Crippen LogP contribution in [0.1, 0.15) is 24.3 Å². The summed E-state index contributed by atoms with van der Waals surface area (Å²) >= 11 is 0. The molecule has 7 heteroatoms. The zero-order valence-corrected chi connectivity index (χ0v) is 16.2. The Bertz CT molecular complexity index is 844. The zero-order chi connectivity index (χ0) is 19.1. The SMILES string of the molecule is Cc1cc(CC(=O)N2CC3(CCN(c4ccccn4)CC3)[C@@H]3COC[C@@H]32)no1. The fourth-order valence-corrected chi connectivity index (χ4v) is 5.29. The fraction of sp³-hybridized carbons (Fsp3) is 0.571. The monoisotopic (exact) mass is 382 g/mol. The van der Waals surface area contributed by atoms with Crippen LogP contribution in [0.25, 0.3) is 0 Å². The number of fused-ring (bicyclic) bond motifs is 2. The van der Waals surface area contributed by atoms with Crippen LogP contribution in [0.2, 0.25) is 0 Å². The molecule has 0 N–H and O–H groups in total. The van der Waals surface area contributed by atoms with Gasteiger partial charge in [0.15, 0.2) is 0 Å². The summed E-state index contributed by atoms with van der Waals surface area (Å²) < 4.78 is 11.0. The van der Waals surface area contributed by atoms with Gasteiger partial charge in [0.1, 0.15) is 11.6 Å². The number of aromatic nitrogens is 2. The van der Waals surface area contributed by atoms with Crippen molar-refractivity contribution in [1.29, 1.82) is 0 Å². The van der Waals surface area contributed by atoms with Crippen molar-refractivity contribution in [2.75, 3.05) is 37.7 Å². The summed E-state index contributed by atoms with van der Waals surface area (Å²) in [7, 11) is 0. The van der Waals surface area contributed by atoms with Crippen LogP contribution in [-0.4, -0.2) is 59.8 Å². The molecule has 0 aromatic carbocycles. The summed E-state index contributed by atoms with van der Waals surface area (Å²) in [6, 6.07) is 8.10. The normalized spacial score (nSPS) is 26.0. The van der Waals surface area contributed by atoms with Gasteiger partial charge in [-0.2, -0.15) is 0 Å². The number of nitrogens with zero attached hydrogens (tertiary/aromatic N) is 4. The Hall–Kier alpha value is -2.41. The Labute approximate surface area is 164 Å². The standard InChI is InChI=1S/C21H26N4O3/c1-15-10-16(23-28-15)11-20(26)25-14-21(17-12-27-13-18(17)25)5-8-24(9-6-21)19-4-2-3-7-22-19/h2-4,7,10,17-18H,5-6,8-9,11-14H2,1H3/t17-,18+/m1/s1. The molecule has 3 aliphatic rings. The second-order valence-electron chi connectivity index (χ2n) is 8.38. The lowest BCUT2D eigenvalue weighted by atomic mass is 9.70. The molecular weight excluding hydrogens is 356 g/mol. The van der Waals surface area contributed by atoms with Gasteiger partial charge in [0.05, 0.1) is 31.4 Å². The molecule has 0 radical (unpaired) electrons. The van der Waals surface area contributed by atoms with Gasteiger partial charge in [-0.05, 0) is 37.3 Å². The van der Waals surface area contributed by atoms with Gasteiger partial charge < -0.3 is 19.1 Å². The number of carbonyl (C=O) groups is 1. The number of aryl methyl sites for hydroxylation is 1. The Kier molecular flexibility index (Phi) is 4.34. The highest BCUT2D eigenvalue weighted by molar-refractivity contribution is 5.79. The predicted octanol–water partition coefficient (Wildman–Crippen LogP) is 2.06. The van der Waals surface area contributed by atoms with Crippen LogP contribution < -0.4 is 4.90 Å². The molecule has 5 rings (SSSR count). The molecule has 0 aliphatic carbocycles. The quantitative estimate of drug-likeness (QED) is 0.809. The highest BCUT2D eigenvalue weighted by Gasteiger charge is 2.56. The first-order valence-corrected chi connectivity index (χ1v) is 10.1. The van der Waals surface area contributed by atoms with Crippen molar-refractivity contribution < 1.29 is 14.1 Å². The summed E-state index contributed by atoms with van der Waals surface area (Å²) in [6.07, 6.45) is 4.29. The minimum Gasteiger partial charge on any atom is -0.379 e. The molecule has 3 saturated heterocycles. The molecule has 2 aromatic heterocycles. The molecule has 1 amide bonds. The Balaban J connectivity index is 1.30. The number of piperidine rings is 1. The third kappa shape index (κ3) is 2.98. The van der Waals surface area contributed by atoms with E-state index in [4.69, 9.17) is 9.26 Å². The summed E-state index contributed by atoms with van der Waals surface area (Å²) in [4.78, 5) is 22.0. The van der Waals surface area contributed by atoms with Gasteiger partial charge in [0.25, 0.3) is 0 Å². The van der Waals surface area contributed by atoms with Crippen LogP contribution in [-0.2, 0) is 16.0 Å². The molecule has 3 fully saturated rings. The van der Waals surface area contributed by atoms with E-state index in [1.165, 1.54) is 0 Å². The van der Waals surface area contributed by atoms with Crippen molar-refractivity contribution >= 4 is 11.7 Å². The van der Waals surface area contributed by atoms with E-state index in [0.29, 0.717) is 24.6 Å². The lowest BCUT2D eigenvalue weighted by Gasteiger charge is -2.42. The number of pyridine rings is 1. The number of hydrogen-bond donors (Lipinski definition) is 0. The third-order valence-corrected chi connectivity index (χ3v) is 6.78. The first-order valence-electron chi connectivity index (χ1n) is 10.1. The maximum atomic E-state index is 13.0. The first kappa shape index (κ1) is 17.7. The number of anilines is 1. The van der Waals surface area contributed by atoms with Crippen LogP contribution in [0.3, 0.4) is 0 Å². The van der Waals surface area contributed by atoms with Crippen molar-refractivity contribution in [3.63, 3.8) is 0 Å². The number of hydrogen-bond acceptors (Lipinski definition) is 6. The molecule has 0 saturated carbocycles. The van der Waals surface area contributed by atoms with Crippen molar-refractivity contribution in [2.24, 2.45) is 11.3 Å². The number of amides is 1. The summed E-state index contributed by atoms with van der Waals surface area (Å²) in [5.41, 5.74) is 0.867. The number of rotatable bonds is 3. The maximum Gasteiger partial charge on any atom is 0.229 e. The van der Waals surface area contributed by atoms with Crippen LogP contribution in [0, 0.1) is 18.3 Å². The highest BCUT2D eigenvalue weighted by Crippen LogP contribution is 2.50. The Morgan fingerprint density at radius 3 is 2.86 bits per heavy atom. The topological polar surface area (TPSA) is 71.7 Å². The van der Waals surface area contributed by atoms with Gasteiger partial charge in [-0.15, -0.1) is 0 Å². The zero-order valence-electron chi connectivity index (χ0n) is 16.2. The van der Waals surface area contributed by atoms with E-state index in [2.05, 4.69) is 26.0 Å². The fourth-order valence-electron chi connectivity index (χ4n) is 5.29. The van der Waals surface area contributed by atoms with E-state index >= 15 is 0 Å². The average Bonchev–Trinajstić information content (AvgIpc) is 3.42. The van der Waals surface area contributed by atoms with Gasteiger partial charge in [-0.25, -0.2) is 4.98 Å². The molecule has 5 heterocycles. The minimum atomic E-state index is 0.137. The van der Waals surface area contributed by atoms with Gasteiger partial charge in [0.2, 0.25) is 5.91 Å². The van der Waals surface area contributed by atoms with E-state index in [-0.39, 0.29) is 17.4 Å². The maximum absolute atomic E-state index is 13.0. The summed E-state index contributed by atoms with van der Waals surface area (Å²) in [6.45, 7) is 6.05. The molecule has 28 heavy (non-hydrogen) atoms. The lowest BCUT2D eigenvalue weighted by Crippen LogP contribution is -2.45. The smallest absolute Gasteiger partial charge is 0.229 e. The second kappa shape index (κ2) is 6.88. The van der Waals surface area contributed by atoms with Crippen LogP contribution in [0.4, 0.5) is 5.82 Å². The molecule has 3 aliphatic heterocycles. The largest absolute Gasteiger partial charge is 0.379 e. The van der Waals surface area contributed by atoms with Crippen molar-refractivity contribution in [3.05, 3.63) is 41.9 Å². The van der Waals surface area contributed by atoms with Crippen molar-refractivity contribution in [2.45, 2.75) is 32.2 Å². The van der Waals surface area contributed by atoms with E-state index < -0.39 is 0 Å². The molecule has 0 unspecified atom stereocenters. The van der Waals surface area contributed by atoms with Crippen molar-refractivity contribution in [1.82, 2.24) is 15.0 Å². The first-order chi connectivity index (χ1) is 13.6.